The van der Waals surface area contributed by atoms with Crippen molar-refractivity contribution in [3.8, 4) is 11.4 Å². The zero-order valence-electron chi connectivity index (χ0n) is 32.6. The summed E-state index contributed by atoms with van der Waals surface area (Å²) in [6.07, 6.45) is -6.58. The van der Waals surface area contributed by atoms with Gasteiger partial charge in [0.25, 0.3) is 17.9 Å². The second kappa shape index (κ2) is 14.8. The first-order chi connectivity index (χ1) is 30.0. The van der Waals surface area contributed by atoms with Crippen molar-refractivity contribution >= 4 is 55.2 Å². The van der Waals surface area contributed by atoms with Gasteiger partial charge in [0.05, 0.1) is 62.3 Å². The monoisotopic (exact) mass is 938 g/mol. The highest BCUT2D eigenvalue weighted by Gasteiger charge is 2.67. The van der Waals surface area contributed by atoms with Crippen LogP contribution in [0.3, 0.4) is 0 Å². The van der Waals surface area contributed by atoms with E-state index in [4.69, 9.17) is 11.6 Å². The fourth-order valence-corrected chi connectivity index (χ4v) is 9.06. The molecule has 0 radical (unpaired) electrons. The average Bonchev–Trinajstić information content (AvgIpc) is 3.41. The summed E-state index contributed by atoms with van der Waals surface area (Å²) in [7, 11) is -2.60. The second-order valence-electron chi connectivity index (χ2n) is 15.4. The van der Waals surface area contributed by atoms with Gasteiger partial charge in [0, 0.05) is 37.2 Å². The van der Waals surface area contributed by atoms with E-state index in [1.54, 1.807) is 0 Å². The number of anilines is 1. The quantitative estimate of drug-likeness (QED) is 0.129. The zero-order chi connectivity index (χ0) is 45.9. The third-order valence-electron chi connectivity index (χ3n) is 11.0. The van der Waals surface area contributed by atoms with Crippen molar-refractivity contribution in [3.63, 3.8) is 0 Å². The summed E-state index contributed by atoms with van der Waals surface area (Å²) in [6.45, 7) is -1.08. The molecule has 7 aromatic rings. The van der Waals surface area contributed by atoms with Crippen LogP contribution >= 0.6 is 11.6 Å². The van der Waals surface area contributed by atoms with Gasteiger partial charge in [-0.3, -0.25) is 28.2 Å². The molecule has 2 aliphatic rings. The molecule has 0 unspecified atom stereocenters. The molecule has 0 saturated heterocycles. The molecule has 25 heteroatoms. The number of carbonyl (C=O) groups excluding carboxylic acids is 1. The maximum Gasteiger partial charge on any atom is 0.419 e. The van der Waals surface area contributed by atoms with Crippen LogP contribution in [0.5, 0.6) is 0 Å². The summed E-state index contributed by atoms with van der Waals surface area (Å²) in [4.78, 5) is 33.7. The molecular formula is C39H28ClF9N10O4S. The lowest BCUT2D eigenvalue weighted by molar-refractivity contribution is -0.137. The number of alkyl halides is 7. The number of nitrogens with zero attached hydrogens (tertiary/aromatic N) is 8. The molecule has 4 aromatic heterocycles. The molecule has 1 amide bonds. The van der Waals surface area contributed by atoms with Crippen molar-refractivity contribution in [2.75, 3.05) is 11.0 Å². The van der Waals surface area contributed by atoms with Crippen LogP contribution in [-0.2, 0) is 46.9 Å². The Morgan fingerprint density at radius 3 is 2.42 bits per heavy atom. The number of hydrogen-bond donors (Lipinski definition) is 2. The first kappa shape index (κ1) is 42.9. The number of aryl methyl sites for hydroxylation is 1. The first-order valence-corrected chi connectivity index (χ1v) is 21.1. The summed E-state index contributed by atoms with van der Waals surface area (Å²) in [5.74, 6) is -9.73. The van der Waals surface area contributed by atoms with E-state index in [1.165, 1.54) is 42.1 Å². The van der Waals surface area contributed by atoms with Crippen LogP contribution in [0, 0.1) is 17.6 Å². The fraction of sp³-hybridized carbons (Fsp3) is 0.282. The molecule has 64 heavy (non-hydrogen) atoms. The maximum atomic E-state index is 15.5. The van der Waals surface area contributed by atoms with Crippen molar-refractivity contribution < 1.29 is 52.7 Å². The molecule has 1 saturated carbocycles. The van der Waals surface area contributed by atoms with Crippen molar-refractivity contribution in [3.05, 3.63) is 122 Å². The van der Waals surface area contributed by atoms with E-state index in [0.29, 0.717) is 23.1 Å². The van der Waals surface area contributed by atoms with Gasteiger partial charge in [-0.15, -0.1) is 0 Å². The predicted octanol–water partition coefficient (Wildman–Crippen LogP) is 7.22. The van der Waals surface area contributed by atoms with Gasteiger partial charge in [-0.05, 0) is 60.4 Å². The van der Waals surface area contributed by atoms with Gasteiger partial charge in [-0.2, -0.15) is 37.2 Å². The number of amides is 1. The Morgan fingerprint density at radius 2 is 1.77 bits per heavy atom. The van der Waals surface area contributed by atoms with E-state index in [9.17, 15) is 48.7 Å². The molecule has 14 nitrogen and oxygen atoms in total. The van der Waals surface area contributed by atoms with Crippen LogP contribution < -0.4 is 15.6 Å². The smallest absolute Gasteiger partial charge is 0.344 e. The van der Waals surface area contributed by atoms with Crippen LogP contribution in [0.15, 0.2) is 65.7 Å². The van der Waals surface area contributed by atoms with Crippen molar-refractivity contribution in [2.24, 2.45) is 13.0 Å². The van der Waals surface area contributed by atoms with Crippen molar-refractivity contribution in [2.45, 2.75) is 49.9 Å². The number of fused-ring (bicyclic) bond motifs is 5. The molecule has 4 heterocycles. The molecule has 0 bridgehead atoms. The number of aromatic nitrogens is 8. The molecule has 1 fully saturated rings. The number of halogens is 10. The Labute approximate surface area is 358 Å². The van der Waals surface area contributed by atoms with E-state index >= 15 is 8.78 Å². The minimum Gasteiger partial charge on any atom is -0.344 e. The maximum absolute atomic E-state index is 15.5. The highest BCUT2D eigenvalue weighted by Crippen LogP contribution is 2.68. The molecule has 3 aromatic carbocycles. The minimum atomic E-state index is -4.77. The summed E-state index contributed by atoms with van der Waals surface area (Å²) < 4.78 is 160. The predicted molar refractivity (Wildman–Crippen MR) is 210 cm³/mol. The third kappa shape index (κ3) is 7.40. The highest BCUT2D eigenvalue weighted by molar-refractivity contribution is 7.92. The Bertz CT molecular complexity index is 3250. The highest BCUT2D eigenvalue weighted by atomic mass is 35.5. The lowest BCUT2D eigenvalue weighted by Crippen LogP contribution is -2.38. The van der Waals surface area contributed by atoms with Crippen LogP contribution in [0.2, 0.25) is 5.02 Å². The molecule has 334 valence electrons. The number of rotatable bonds is 11. The van der Waals surface area contributed by atoms with E-state index in [1.807, 2.05) is 0 Å². The largest absolute Gasteiger partial charge is 0.419 e. The summed E-state index contributed by atoms with van der Waals surface area (Å²) in [5.41, 5.74) is -4.61. The van der Waals surface area contributed by atoms with Gasteiger partial charge >= 0.3 is 6.18 Å². The summed E-state index contributed by atoms with van der Waals surface area (Å²) >= 11 is 6.58. The van der Waals surface area contributed by atoms with Crippen molar-refractivity contribution in [1.29, 1.82) is 0 Å². The van der Waals surface area contributed by atoms with Crippen LogP contribution in [0.4, 0.5) is 45.3 Å². The van der Waals surface area contributed by atoms with Gasteiger partial charge in [-0.1, -0.05) is 11.6 Å². The van der Waals surface area contributed by atoms with Gasteiger partial charge in [0.1, 0.15) is 35.4 Å². The number of benzene rings is 3. The molecule has 0 spiro atoms. The Hall–Kier alpha value is -6.43. The van der Waals surface area contributed by atoms with E-state index in [-0.39, 0.29) is 61.6 Å². The molecule has 9 rings (SSSR count). The molecule has 0 aliphatic heterocycles. The van der Waals surface area contributed by atoms with Crippen molar-refractivity contribution in [1.82, 2.24) is 44.2 Å². The van der Waals surface area contributed by atoms with E-state index in [0.717, 1.165) is 27.6 Å². The molecular weight excluding hydrogens is 911 g/mol. The second-order valence-corrected chi connectivity index (χ2v) is 17.6. The van der Waals surface area contributed by atoms with Gasteiger partial charge in [-0.25, -0.2) is 35.6 Å². The molecule has 2 aliphatic carbocycles. The molecule has 3 atom stereocenters. The van der Waals surface area contributed by atoms with E-state index < -0.39 is 105 Å². The zero-order valence-corrected chi connectivity index (χ0v) is 34.2. The third-order valence-corrected chi connectivity index (χ3v) is 11.8. The standard InChI is InChI=1S/C39H28ClF9N10O4S/c1-56-32-27(6-5-24(40)30(32)35(54-56)55-64(2,62)63)59-36(52-25-11-20(3-4-21(25)37(59)61)57-14-17(13-50-57)39(47,48)49)26(9-16-7-18(41)10-19(42)8-16)51-28(60)15-58-33-29(31(53-58)34(43)44)22-12-23(22)38(33,45)46/h3-8,10-11,13-14,22-23,26,34H,9,12,15H2,1-2H3,(H,51,60)(H,54,55)/t22-,23+,26-/m0/s1. The van der Waals surface area contributed by atoms with Gasteiger partial charge < -0.3 is 5.32 Å². The topological polar surface area (TPSA) is 164 Å². The van der Waals surface area contributed by atoms with Crippen LogP contribution in [0.1, 0.15) is 58.7 Å². The summed E-state index contributed by atoms with van der Waals surface area (Å²) in [5, 5.41) is 14.0. The Balaban J connectivity index is 1.26. The number of sulfonamides is 1. The number of hydrogen-bond acceptors (Lipinski definition) is 8. The van der Waals surface area contributed by atoms with Crippen LogP contribution in [0.25, 0.3) is 33.2 Å². The SMILES string of the molecule is Cn1nc(NS(C)(=O)=O)c2c(Cl)ccc(-n3c([C@H](Cc4cc(F)cc(F)c4)NC(=O)Cn4nc(C(F)F)c5c4C(F)(F)[C@@H]4C[C@H]54)nc4cc(-n5cc(C(F)(F)F)cn5)ccc4c3=O)c21. The Morgan fingerprint density at radius 1 is 1.05 bits per heavy atom. The Kier molecular flexibility index (Phi) is 9.92. The van der Waals surface area contributed by atoms with Gasteiger partial charge in [0.2, 0.25) is 15.9 Å². The average molecular weight is 939 g/mol. The summed E-state index contributed by atoms with van der Waals surface area (Å²) in [6, 6.07) is 6.96. The number of nitrogens with one attached hydrogen (secondary N) is 2. The lowest BCUT2D eigenvalue weighted by Gasteiger charge is -2.24. The first-order valence-electron chi connectivity index (χ1n) is 18.8. The number of carbonyl (C=O) groups is 1. The minimum absolute atomic E-state index is 0.00490. The van der Waals surface area contributed by atoms with Gasteiger partial charge in [0.15, 0.2) is 5.82 Å². The van der Waals surface area contributed by atoms with Crippen LogP contribution in [-0.4, -0.2) is 59.5 Å². The lowest BCUT2D eigenvalue weighted by atomic mass is 10.0. The van der Waals surface area contributed by atoms with E-state index in [2.05, 4.69) is 30.3 Å². The molecule has 2 N–H and O–H groups in total. The normalized spacial score (nSPS) is 17.3. The fourth-order valence-electron chi connectivity index (χ4n) is 8.32.